The van der Waals surface area contributed by atoms with E-state index in [1.807, 2.05) is 31.2 Å². The van der Waals surface area contributed by atoms with E-state index in [2.05, 4.69) is 0 Å². The zero-order chi connectivity index (χ0) is 32.2. The molecule has 9 nitrogen and oxygen atoms in total. The Kier molecular flexibility index (Phi) is 7.51. The second-order valence-corrected chi connectivity index (χ2v) is 12.9. The number of likely N-dealkylation sites (tertiary alicyclic amines) is 1. The number of aromatic hydroxyl groups is 1. The lowest BCUT2D eigenvalue weighted by Gasteiger charge is -2.49. The first-order valence-electron chi connectivity index (χ1n) is 15.8. The Hall–Kier alpha value is -4.76. The quantitative estimate of drug-likeness (QED) is 0.285. The van der Waals surface area contributed by atoms with Crippen LogP contribution in [0.3, 0.4) is 0 Å². The Morgan fingerprint density at radius 2 is 1.59 bits per heavy atom. The average molecular weight is 621 g/mol. The molecule has 2 aliphatic heterocycles. The number of allylic oxidation sites excluding steroid dienone is 2. The normalized spacial score (nSPS) is 28.6. The summed E-state index contributed by atoms with van der Waals surface area (Å²) in [5.74, 6) is -2.95. The number of fused-ring (bicyclic) bond motifs is 4. The van der Waals surface area contributed by atoms with Gasteiger partial charge < -0.3 is 14.9 Å². The number of aliphatic hydroxyl groups is 1. The fourth-order valence-electron chi connectivity index (χ4n) is 8.33. The predicted octanol–water partition coefficient (Wildman–Crippen LogP) is 4.24. The van der Waals surface area contributed by atoms with Crippen molar-refractivity contribution in [1.82, 2.24) is 4.90 Å². The number of benzene rings is 3. The fourth-order valence-corrected chi connectivity index (χ4v) is 8.33. The van der Waals surface area contributed by atoms with Gasteiger partial charge in [0.1, 0.15) is 18.1 Å². The number of para-hydroxylation sites is 1. The van der Waals surface area contributed by atoms with Crippen molar-refractivity contribution in [3.05, 3.63) is 102 Å². The second-order valence-electron chi connectivity index (χ2n) is 12.9. The molecule has 46 heavy (non-hydrogen) atoms. The summed E-state index contributed by atoms with van der Waals surface area (Å²) in [5.41, 5.74) is 2.07. The van der Waals surface area contributed by atoms with Crippen molar-refractivity contribution in [2.75, 3.05) is 24.7 Å². The van der Waals surface area contributed by atoms with Crippen LogP contribution in [0, 0.1) is 29.1 Å². The molecule has 0 radical (unpaired) electrons. The molecule has 1 saturated carbocycles. The van der Waals surface area contributed by atoms with Gasteiger partial charge >= 0.3 is 0 Å². The summed E-state index contributed by atoms with van der Waals surface area (Å²) < 4.78 is 5.59. The third-order valence-corrected chi connectivity index (χ3v) is 10.5. The Morgan fingerprint density at radius 3 is 2.28 bits per heavy atom. The molecule has 2 saturated heterocycles. The highest BCUT2D eigenvalue weighted by Crippen LogP contribution is 2.63. The van der Waals surface area contributed by atoms with Crippen molar-refractivity contribution < 1.29 is 34.1 Å². The summed E-state index contributed by atoms with van der Waals surface area (Å²) in [7, 11) is 0. The first kappa shape index (κ1) is 29.9. The zero-order valence-corrected chi connectivity index (χ0v) is 25.5. The van der Waals surface area contributed by atoms with Crippen LogP contribution < -0.4 is 9.64 Å². The predicted molar refractivity (Wildman–Crippen MR) is 169 cm³/mol. The monoisotopic (exact) mass is 620 g/mol. The number of nitrogens with zero attached hydrogens (tertiary/aromatic N) is 2. The van der Waals surface area contributed by atoms with Gasteiger partial charge in [0.05, 0.1) is 35.5 Å². The molecule has 4 amide bonds. The number of carbonyl (C=O) groups excluding carboxylic acids is 4. The lowest BCUT2D eigenvalue weighted by Crippen LogP contribution is -2.48. The van der Waals surface area contributed by atoms with E-state index >= 15 is 0 Å². The minimum Gasteiger partial charge on any atom is -0.508 e. The molecule has 2 heterocycles. The Morgan fingerprint density at radius 1 is 0.870 bits per heavy atom. The number of amides is 4. The molecule has 236 valence electrons. The van der Waals surface area contributed by atoms with E-state index in [-0.39, 0.29) is 55.1 Å². The van der Waals surface area contributed by atoms with E-state index < -0.39 is 29.1 Å². The molecule has 0 aromatic heterocycles. The summed E-state index contributed by atoms with van der Waals surface area (Å²) in [6.45, 7) is 2.14. The SMILES string of the molecule is C[C@@]12C(=O)N(c3ccccc3)C(=O)[C@@H]1C[C@@H]1C(=CC[C@@H]3C(=O)N(CCc4ccc(O)cc4)C(=O)[C@@H]31)[C@@H]2c1ccc(OCCO)cc1. The first-order valence-corrected chi connectivity index (χ1v) is 15.8. The van der Waals surface area contributed by atoms with E-state index in [4.69, 9.17) is 4.74 Å². The minimum atomic E-state index is -1.11. The van der Waals surface area contributed by atoms with Crippen LogP contribution in [0.1, 0.15) is 36.8 Å². The molecule has 2 N–H and O–H groups in total. The van der Waals surface area contributed by atoms with Crippen LogP contribution in [0.25, 0.3) is 0 Å². The number of phenols is 1. The van der Waals surface area contributed by atoms with Crippen molar-refractivity contribution >= 4 is 29.3 Å². The summed E-state index contributed by atoms with van der Waals surface area (Å²) in [5, 5.41) is 18.8. The largest absolute Gasteiger partial charge is 0.508 e. The minimum absolute atomic E-state index is 0.119. The Bertz CT molecular complexity index is 1720. The van der Waals surface area contributed by atoms with Crippen molar-refractivity contribution in [2.45, 2.75) is 32.1 Å². The summed E-state index contributed by atoms with van der Waals surface area (Å²) in [6.07, 6.45) is 3.20. The fraction of sp³-hybridized carbons (Fsp3) is 0.351. The van der Waals surface area contributed by atoms with Crippen molar-refractivity contribution in [3.63, 3.8) is 0 Å². The number of phenolic OH excluding ortho intramolecular Hbond substituents is 1. The second kappa shape index (κ2) is 11.6. The lowest BCUT2D eigenvalue weighted by molar-refractivity contribution is -0.140. The van der Waals surface area contributed by atoms with E-state index in [1.165, 1.54) is 9.80 Å². The molecule has 0 unspecified atom stereocenters. The topological polar surface area (TPSA) is 124 Å². The Labute approximate surface area is 267 Å². The smallest absolute Gasteiger partial charge is 0.241 e. The number of hydrogen-bond donors (Lipinski definition) is 2. The van der Waals surface area contributed by atoms with Gasteiger partial charge in [-0.05, 0) is 79.6 Å². The van der Waals surface area contributed by atoms with Gasteiger partial charge in [-0.15, -0.1) is 0 Å². The number of anilines is 1. The maximum atomic E-state index is 14.5. The van der Waals surface area contributed by atoms with Gasteiger partial charge in [-0.2, -0.15) is 0 Å². The lowest BCUT2D eigenvalue weighted by atomic mass is 9.51. The average Bonchev–Trinajstić information content (AvgIpc) is 3.43. The van der Waals surface area contributed by atoms with Crippen molar-refractivity contribution in [1.29, 1.82) is 0 Å². The molecular weight excluding hydrogens is 584 g/mol. The van der Waals surface area contributed by atoms with E-state index in [0.29, 0.717) is 30.7 Å². The Balaban J connectivity index is 1.26. The maximum absolute atomic E-state index is 14.5. The standard InChI is InChI=1S/C37H36N2O7/c1-37-30(34(43)39(36(37)45)24-5-3-2-4-6-24)21-29-27(32(37)23-9-13-26(14-10-23)46-20-19-40)15-16-28-31(29)35(44)38(33(28)42)18-17-22-7-11-25(41)12-8-22/h2-15,28-32,40-41H,16-21H2,1H3/t28-,29+,30-,31-,32-,37+/m0/s1. The molecule has 0 bridgehead atoms. The number of rotatable bonds is 8. The van der Waals surface area contributed by atoms with Crippen molar-refractivity contribution in [2.24, 2.45) is 29.1 Å². The number of hydrogen-bond acceptors (Lipinski definition) is 7. The molecule has 6 atom stereocenters. The van der Waals surface area contributed by atoms with Crippen LogP contribution in [-0.4, -0.2) is 58.5 Å². The van der Waals surface area contributed by atoms with Crippen molar-refractivity contribution in [3.8, 4) is 11.5 Å². The summed E-state index contributed by atoms with van der Waals surface area (Å²) in [4.78, 5) is 59.2. The van der Waals surface area contributed by atoms with Gasteiger partial charge in [0.25, 0.3) is 0 Å². The molecule has 3 aromatic rings. The highest BCUT2D eigenvalue weighted by molar-refractivity contribution is 6.24. The van der Waals surface area contributed by atoms with Gasteiger partial charge in [-0.1, -0.05) is 54.1 Å². The van der Waals surface area contributed by atoms with Crippen LogP contribution in [0.15, 0.2) is 90.5 Å². The van der Waals surface area contributed by atoms with Crippen LogP contribution in [0.5, 0.6) is 11.5 Å². The van der Waals surface area contributed by atoms with E-state index in [1.54, 1.807) is 60.7 Å². The van der Waals surface area contributed by atoms with E-state index in [9.17, 15) is 29.4 Å². The van der Waals surface area contributed by atoms with Crippen LogP contribution in [-0.2, 0) is 25.6 Å². The highest BCUT2D eigenvalue weighted by atomic mass is 16.5. The zero-order valence-electron chi connectivity index (χ0n) is 25.5. The van der Waals surface area contributed by atoms with Gasteiger partial charge in [0.15, 0.2) is 0 Å². The van der Waals surface area contributed by atoms with Gasteiger partial charge in [-0.3, -0.25) is 24.1 Å². The summed E-state index contributed by atoms with van der Waals surface area (Å²) in [6, 6.07) is 23.0. The number of imide groups is 2. The van der Waals surface area contributed by atoms with Crippen LogP contribution >= 0.6 is 0 Å². The van der Waals surface area contributed by atoms with Crippen LogP contribution in [0.4, 0.5) is 5.69 Å². The van der Waals surface area contributed by atoms with Gasteiger partial charge in [0, 0.05) is 12.5 Å². The highest BCUT2D eigenvalue weighted by Gasteiger charge is 2.67. The molecule has 3 aromatic carbocycles. The number of carbonyl (C=O) groups is 4. The number of ether oxygens (including phenoxy) is 1. The molecule has 2 aliphatic carbocycles. The molecule has 3 fully saturated rings. The number of aliphatic hydroxyl groups excluding tert-OH is 1. The first-order chi connectivity index (χ1) is 22.2. The third-order valence-electron chi connectivity index (χ3n) is 10.5. The molecule has 4 aliphatic rings. The van der Waals surface area contributed by atoms with Gasteiger partial charge in [-0.25, -0.2) is 4.90 Å². The molecular formula is C37H36N2O7. The van der Waals surface area contributed by atoms with E-state index in [0.717, 1.165) is 16.7 Å². The molecule has 0 spiro atoms. The summed E-state index contributed by atoms with van der Waals surface area (Å²) >= 11 is 0. The third kappa shape index (κ3) is 4.64. The van der Waals surface area contributed by atoms with Crippen LogP contribution in [0.2, 0.25) is 0 Å². The van der Waals surface area contributed by atoms with Gasteiger partial charge in [0.2, 0.25) is 23.6 Å². The maximum Gasteiger partial charge on any atom is 0.241 e. The molecule has 7 rings (SSSR count). The molecule has 9 heteroatoms.